The molecule has 0 amide bonds. The van der Waals surface area contributed by atoms with E-state index >= 15 is 0 Å². The van der Waals surface area contributed by atoms with Crippen LogP contribution in [0.15, 0.2) is 54.6 Å². The topological polar surface area (TPSA) is 46.5 Å². The summed E-state index contributed by atoms with van der Waals surface area (Å²) in [6, 6.07) is 14.0. The van der Waals surface area contributed by atoms with Gasteiger partial charge in [-0.2, -0.15) is 0 Å². The highest BCUT2D eigenvalue weighted by molar-refractivity contribution is 5.87. The Morgan fingerprint density at radius 1 is 1.09 bits per heavy atom. The fourth-order valence-electron chi connectivity index (χ4n) is 4.66. The first-order chi connectivity index (χ1) is 15.5. The third-order valence-electron chi connectivity index (χ3n) is 6.62. The smallest absolute Gasteiger partial charge is 0.335 e. The quantitative estimate of drug-likeness (QED) is 0.258. The van der Waals surface area contributed by atoms with Crippen molar-refractivity contribution in [1.82, 2.24) is 0 Å². The molecule has 0 saturated heterocycles. The van der Waals surface area contributed by atoms with Crippen LogP contribution in [-0.2, 0) is 16.0 Å². The number of aliphatic hydroxyl groups excluding tert-OH is 1. The molecule has 2 aromatic rings. The average Bonchev–Trinajstić information content (AvgIpc) is 2.82. The van der Waals surface area contributed by atoms with Gasteiger partial charge in [-0.3, -0.25) is 0 Å². The van der Waals surface area contributed by atoms with Crippen molar-refractivity contribution in [2.24, 2.45) is 5.92 Å². The predicted octanol–water partition coefficient (Wildman–Crippen LogP) is 6.59. The molecule has 0 heterocycles. The third kappa shape index (κ3) is 6.52. The number of benzene rings is 2. The van der Waals surface area contributed by atoms with Gasteiger partial charge in [0, 0.05) is 0 Å². The van der Waals surface area contributed by atoms with Gasteiger partial charge < -0.3 is 9.84 Å². The van der Waals surface area contributed by atoms with E-state index in [1.54, 1.807) is 6.07 Å². The number of rotatable bonds is 10. The van der Waals surface area contributed by atoms with Gasteiger partial charge in [0.25, 0.3) is 0 Å². The van der Waals surface area contributed by atoms with Gasteiger partial charge in [-0.25, -0.2) is 9.18 Å². The molecule has 2 aromatic carbocycles. The second-order valence-electron chi connectivity index (χ2n) is 8.94. The van der Waals surface area contributed by atoms with Crippen LogP contribution in [0.2, 0.25) is 0 Å². The molecule has 0 atom stereocenters. The number of carbonyl (C=O) groups excluding carboxylic acids is 1. The molecule has 0 aliphatic heterocycles. The molecule has 3 rings (SSSR count). The molecule has 32 heavy (non-hydrogen) atoms. The minimum atomic E-state index is -0.610. The summed E-state index contributed by atoms with van der Waals surface area (Å²) in [6.45, 7) is 5.44. The number of carbonyl (C=O) groups is 1. The molecular weight excluding hydrogens is 403 g/mol. The second-order valence-corrected chi connectivity index (χ2v) is 8.94. The molecular formula is C28H35FO3. The second kappa shape index (κ2) is 12.0. The first-order valence-electron chi connectivity index (χ1n) is 11.9. The predicted molar refractivity (Wildman–Crippen MR) is 127 cm³/mol. The summed E-state index contributed by atoms with van der Waals surface area (Å²) < 4.78 is 19.6. The van der Waals surface area contributed by atoms with Crippen molar-refractivity contribution in [2.75, 3.05) is 13.2 Å². The Balaban J connectivity index is 1.53. The standard InChI is InChI=1S/C28H35FO3/c1-3-5-21-7-9-22(10-8-21)23-11-13-24(14-12-23)26-16-15-25(27(29)18-26)6-4-17-32-28(31)20(2)19-30/h11-16,18,21-22,30H,2-10,17,19H2,1H3. The molecule has 1 aliphatic rings. The molecule has 0 unspecified atom stereocenters. The molecule has 4 heteroatoms. The maximum absolute atomic E-state index is 14.6. The van der Waals surface area contributed by atoms with E-state index < -0.39 is 12.6 Å². The fourth-order valence-corrected chi connectivity index (χ4v) is 4.66. The minimum absolute atomic E-state index is 0.0238. The molecule has 1 N–H and O–H groups in total. The van der Waals surface area contributed by atoms with Gasteiger partial charge in [0.1, 0.15) is 5.82 Å². The molecule has 0 bridgehead atoms. The number of aliphatic hydroxyl groups is 1. The van der Waals surface area contributed by atoms with Crippen LogP contribution >= 0.6 is 0 Å². The Hall–Kier alpha value is -2.46. The molecule has 0 aromatic heterocycles. The first kappa shape index (κ1) is 24.2. The van der Waals surface area contributed by atoms with Gasteiger partial charge in [0.2, 0.25) is 0 Å². The summed E-state index contributed by atoms with van der Waals surface area (Å²) in [5, 5.41) is 8.86. The van der Waals surface area contributed by atoms with E-state index in [-0.39, 0.29) is 18.0 Å². The summed E-state index contributed by atoms with van der Waals surface area (Å²) in [6.07, 6.45) is 8.85. The van der Waals surface area contributed by atoms with Crippen LogP contribution in [-0.4, -0.2) is 24.3 Å². The van der Waals surface area contributed by atoms with Crippen molar-refractivity contribution in [2.45, 2.75) is 64.2 Å². The zero-order chi connectivity index (χ0) is 22.9. The van der Waals surface area contributed by atoms with E-state index in [4.69, 9.17) is 9.84 Å². The van der Waals surface area contributed by atoms with Crippen LogP contribution in [0.25, 0.3) is 11.1 Å². The molecule has 1 fully saturated rings. The van der Waals surface area contributed by atoms with Crippen LogP contribution < -0.4 is 0 Å². The van der Waals surface area contributed by atoms with E-state index in [9.17, 15) is 9.18 Å². The number of hydrogen-bond donors (Lipinski definition) is 1. The van der Waals surface area contributed by atoms with Gasteiger partial charge in [-0.15, -0.1) is 0 Å². The van der Waals surface area contributed by atoms with Crippen LogP contribution in [0.3, 0.4) is 0 Å². The van der Waals surface area contributed by atoms with E-state index in [2.05, 4.69) is 37.8 Å². The van der Waals surface area contributed by atoms with Gasteiger partial charge >= 0.3 is 5.97 Å². The van der Waals surface area contributed by atoms with Gasteiger partial charge in [-0.1, -0.05) is 62.7 Å². The van der Waals surface area contributed by atoms with Crippen LogP contribution in [0.1, 0.15) is 68.9 Å². The molecule has 172 valence electrons. The zero-order valence-electron chi connectivity index (χ0n) is 19.1. The SMILES string of the molecule is C=C(CO)C(=O)OCCCc1ccc(-c2ccc(C3CCC(CCC)CC3)cc2)cc1F. The van der Waals surface area contributed by atoms with Crippen LogP contribution in [0.5, 0.6) is 0 Å². The van der Waals surface area contributed by atoms with Crippen LogP contribution in [0, 0.1) is 11.7 Å². The lowest BCUT2D eigenvalue weighted by molar-refractivity contribution is -0.139. The Morgan fingerprint density at radius 3 is 2.41 bits per heavy atom. The van der Waals surface area contributed by atoms with E-state index in [1.807, 2.05) is 12.1 Å². The minimum Gasteiger partial charge on any atom is -0.462 e. The molecule has 1 aliphatic carbocycles. The normalized spacial score (nSPS) is 18.3. The molecule has 0 spiro atoms. The van der Waals surface area contributed by atoms with Crippen molar-refractivity contribution in [3.63, 3.8) is 0 Å². The lowest BCUT2D eigenvalue weighted by atomic mass is 9.77. The Morgan fingerprint density at radius 2 is 1.78 bits per heavy atom. The molecule has 1 saturated carbocycles. The van der Waals surface area contributed by atoms with Crippen molar-refractivity contribution < 1.29 is 19.0 Å². The zero-order valence-corrected chi connectivity index (χ0v) is 19.1. The van der Waals surface area contributed by atoms with Gasteiger partial charge in [-0.05, 0) is 78.7 Å². The monoisotopic (exact) mass is 438 g/mol. The number of hydrogen-bond acceptors (Lipinski definition) is 3. The number of ether oxygens (including phenoxy) is 1. The number of aryl methyl sites for hydroxylation is 1. The molecule has 0 radical (unpaired) electrons. The van der Waals surface area contributed by atoms with Crippen molar-refractivity contribution in [1.29, 1.82) is 0 Å². The van der Waals surface area contributed by atoms with E-state index in [1.165, 1.54) is 44.1 Å². The van der Waals surface area contributed by atoms with Crippen LogP contribution in [0.4, 0.5) is 4.39 Å². The van der Waals surface area contributed by atoms with E-state index in [0.717, 1.165) is 17.0 Å². The Labute approximate surface area is 191 Å². The first-order valence-corrected chi connectivity index (χ1v) is 11.9. The molecule has 3 nitrogen and oxygen atoms in total. The van der Waals surface area contributed by atoms with Gasteiger partial charge in [0.05, 0.1) is 18.8 Å². The third-order valence-corrected chi connectivity index (χ3v) is 6.62. The van der Waals surface area contributed by atoms with Crippen molar-refractivity contribution in [3.8, 4) is 11.1 Å². The summed E-state index contributed by atoms with van der Waals surface area (Å²) in [4.78, 5) is 11.5. The summed E-state index contributed by atoms with van der Waals surface area (Å²) >= 11 is 0. The lowest BCUT2D eigenvalue weighted by Gasteiger charge is -2.28. The summed E-state index contributed by atoms with van der Waals surface area (Å²) in [5.74, 6) is 0.705. The van der Waals surface area contributed by atoms with Crippen molar-refractivity contribution >= 4 is 5.97 Å². The fraction of sp³-hybridized carbons (Fsp3) is 0.464. The maximum Gasteiger partial charge on any atom is 0.335 e. The lowest BCUT2D eigenvalue weighted by Crippen LogP contribution is -2.13. The largest absolute Gasteiger partial charge is 0.462 e. The Bertz CT molecular complexity index is 895. The van der Waals surface area contributed by atoms with Crippen molar-refractivity contribution in [3.05, 3.63) is 71.6 Å². The average molecular weight is 439 g/mol. The number of halogens is 1. The number of esters is 1. The summed E-state index contributed by atoms with van der Waals surface area (Å²) in [7, 11) is 0. The summed E-state index contributed by atoms with van der Waals surface area (Å²) in [5.41, 5.74) is 3.92. The highest BCUT2D eigenvalue weighted by atomic mass is 19.1. The highest BCUT2D eigenvalue weighted by Gasteiger charge is 2.21. The van der Waals surface area contributed by atoms with Gasteiger partial charge in [0.15, 0.2) is 0 Å². The maximum atomic E-state index is 14.6. The Kier molecular flexibility index (Phi) is 9.04. The van der Waals surface area contributed by atoms with E-state index in [0.29, 0.717) is 24.3 Å². The highest BCUT2D eigenvalue weighted by Crippen LogP contribution is 2.38.